The van der Waals surface area contributed by atoms with E-state index in [0.29, 0.717) is 11.5 Å². The third-order valence-electron chi connectivity index (χ3n) is 7.89. The van der Waals surface area contributed by atoms with Gasteiger partial charge in [0, 0.05) is 35.8 Å². The van der Waals surface area contributed by atoms with Gasteiger partial charge >= 0.3 is 5.97 Å². The number of oxime groups is 1. The van der Waals surface area contributed by atoms with Crippen LogP contribution in [0.1, 0.15) is 28.7 Å². The van der Waals surface area contributed by atoms with E-state index in [-0.39, 0.29) is 35.7 Å². The Labute approximate surface area is 301 Å². The molecule has 2 saturated heterocycles. The van der Waals surface area contributed by atoms with Crippen molar-refractivity contribution in [2.75, 3.05) is 30.4 Å². The Morgan fingerprint density at radius 3 is 2.48 bits per heavy atom. The molecule has 0 bridgehead atoms. The number of aromatic nitrogens is 3. The van der Waals surface area contributed by atoms with Crippen LogP contribution in [-0.2, 0) is 24.0 Å². The SMILES string of the molecule is C=CCON=C(C(=O)NC1C(=O)N2CC(CSC=Cc3ccccn3)(C(=O)OC(c3ccccc3)c3ccccc3)CS[C@H]12)c1nsc(N)n1. The van der Waals surface area contributed by atoms with Gasteiger partial charge < -0.3 is 25.5 Å². The highest BCUT2D eigenvalue weighted by Gasteiger charge is 2.58. The molecule has 2 fully saturated rings. The van der Waals surface area contributed by atoms with Crippen molar-refractivity contribution >= 4 is 69.8 Å². The highest BCUT2D eigenvalue weighted by molar-refractivity contribution is 8.02. The van der Waals surface area contributed by atoms with Gasteiger partial charge in [0.15, 0.2) is 11.2 Å². The number of nitrogen functional groups attached to an aromatic ring is 1. The van der Waals surface area contributed by atoms with Crippen LogP contribution in [0.25, 0.3) is 6.08 Å². The third kappa shape index (κ3) is 7.90. The second kappa shape index (κ2) is 16.1. The first-order valence-electron chi connectivity index (χ1n) is 15.5. The first-order chi connectivity index (χ1) is 24.4. The number of ether oxygens (including phenoxy) is 1. The molecule has 0 radical (unpaired) electrons. The van der Waals surface area contributed by atoms with E-state index in [2.05, 4.69) is 31.4 Å². The molecular weight excluding hydrogens is 695 g/mol. The van der Waals surface area contributed by atoms with Crippen LogP contribution in [0, 0.1) is 5.41 Å². The Balaban J connectivity index is 1.21. The lowest BCUT2D eigenvalue weighted by molar-refractivity contribution is -0.164. The molecule has 2 aliphatic heterocycles. The molecule has 15 heteroatoms. The molecule has 4 aromatic rings. The molecule has 3 atom stereocenters. The van der Waals surface area contributed by atoms with E-state index in [9.17, 15) is 14.4 Å². The Bertz CT molecular complexity index is 1840. The van der Waals surface area contributed by atoms with Crippen molar-refractivity contribution in [1.82, 2.24) is 24.6 Å². The molecule has 2 aromatic carbocycles. The highest BCUT2D eigenvalue weighted by Crippen LogP contribution is 2.45. The lowest BCUT2D eigenvalue weighted by atomic mass is 9.88. The quantitative estimate of drug-likeness (QED) is 0.0468. The van der Waals surface area contributed by atoms with Crippen molar-refractivity contribution in [2.45, 2.75) is 17.5 Å². The van der Waals surface area contributed by atoms with Crippen molar-refractivity contribution in [3.63, 3.8) is 0 Å². The minimum absolute atomic E-state index is 0.0158. The summed E-state index contributed by atoms with van der Waals surface area (Å²) in [5, 5.41) is 8.27. The molecule has 0 spiro atoms. The monoisotopic (exact) mass is 727 g/mol. The minimum Gasteiger partial charge on any atom is -0.452 e. The number of fused-ring (bicyclic) bond motifs is 1. The van der Waals surface area contributed by atoms with Crippen LogP contribution in [-0.4, -0.2) is 78.8 Å². The summed E-state index contributed by atoms with van der Waals surface area (Å²) in [5.41, 5.74) is 6.91. The number of esters is 1. The number of nitrogens with two attached hydrogens (primary N) is 1. The van der Waals surface area contributed by atoms with E-state index in [1.165, 1.54) is 29.6 Å². The summed E-state index contributed by atoms with van der Waals surface area (Å²) in [4.78, 5) is 56.5. The Hall–Kier alpha value is -4.99. The molecule has 50 heavy (non-hydrogen) atoms. The van der Waals surface area contributed by atoms with Crippen LogP contribution in [0.2, 0.25) is 0 Å². The van der Waals surface area contributed by atoms with Crippen molar-refractivity contribution in [3.05, 3.63) is 126 Å². The maximum absolute atomic E-state index is 14.4. The smallest absolute Gasteiger partial charge is 0.316 e. The summed E-state index contributed by atoms with van der Waals surface area (Å²) in [6.07, 6.45) is 4.42. The second-order valence-electron chi connectivity index (χ2n) is 11.4. The molecular formula is C35H33N7O5S3. The molecule has 0 saturated carbocycles. The highest BCUT2D eigenvalue weighted by atomic mass is 32.2. The van der Waals surface area contributed by atoms with Gasteiger partial charge in [-0.2, -0.15) is 9.36 Å². The number of amides is 2. The number of carbonyl (C=O) groups excluding carboxylic acids is 3. The molecule has 256 valence electrons. The molecule has 2 unspecified atom stereocenters. The van der Waals surface area contributed by atoms with Crippen LogP contribution < -0.4 is 11.1 Å². The summed E-state index contributed by atoms with van der Waals surface area (Å²) in [6.45, 7) is 3.74. The first kappa shape index (κ1) is 34.9. The third-order valence-corrected chi connectivity index (χ3v) is 11.1. The summed E-state index contributed by atoms with van der Waals surface area (Å²) in [7, 11) is 0. The number of nitrogens with zero attached hydrogens (tertiary/aromatic N) is 5. The summed E-state index contributed by atoms with van der Waals surface area (Å²) in [5.74, 6) is -0.757. The number of nitrogens with one attached hydrogen (secondary N) is 1. The summed E-state index contributed by atoms with van der Waals surface area (Å²) < 4.78 is 10.4. The van der Waals surface area contributed by atoms with Crippen molar-refractivity contribution in [3.8, 4) is 0 Å². The van der Waals surface area contributed by atoms with Gasteiger partial charge in [-0.1, -0.05) is 84.5 Å². The number of hydrogen-bond acceptors (Lipinski definition) is 13. The molecule has 6 rings (SSSR count). The van der Waals surface area contributed by atoms with Crippen molar-refractivity contribution in [2.24, 2.45) is 10.6 Å². The number of thioether (sulfide) groups is 2. The Morgan fingerprint density at radius 1 is 1.12 bits per heavy atom. The van der Waals surface area contributed by atoms with E-state index in [0.717, 1.165) is 28.4 Å². The van der Waals surface area contributed by atoms with Crippen LogP contribution in [0.4, 0.5) is 5.13 Å². The fourth-order valence-corrected chi connectivity index (χ4v) is 8.46. The van der Waals surface area contributed by atoms with Crippen molar-refractivity contribution < 1.29 is 24.0 Å². The minimum atomic E-state index is -1.06. The number of β-lactam (4-membered cyclic amide) rings is 1. The predicted molar refractivity (Wildman–Crippen MR) is 196 cm³/mol. The summed E-state index contributed by atoms with van der Waals surface area (Å²) in [6, 6.07) is 23.9. The average Bonchev–Trinajstić information content (AvgIpc) is 3.59. The molecule has 12 nitrogen and oxygen atoms in total. The van der Waals surface area contributed by atoms with E-state index >= 15 is 0 Å². The van der Waals surface area contributed by atoms with Crippen LogP contribution in [0.5, 0.6) is 0 Å². The van der Waals surface area contributed by atoms with Gasteiger partial charge in [-0.25, -0.2) is 0 Å². The fourth-order valence-electron chi connectivity index (χ4n) is 5.39. The zero-order chi connectivity index (χ0) is 34.9. The lowest BCUT2D eigenvalue weighted by Gasteiger charge is -2.54. The largest absolute Gasteiger partial charge is 0.452 e. The molecule has 0 aliphatic carbocycles. The lowest BCUT2D eigenvalue weighted by Crippen LogP contribution is -2.74. The van der Waals surface area contributed by atoms with Gasteiger partial charge in [-0.3, -0.25) is 19.4 Å². The normalized spacial score (nSPS) is 20.2. The molecule has 4 heterocycles. The molecule has 3 N–H and O–H groups in total. The summed E-state index contributed by atoms with van der Waals surface area (Å²) >= 11 is 3.77. The van der Waals surface area contributed by atoms with E-state index in [1.54, 1.807) is 11.1 Å². The van der Waals surface area contributed by atoms with Crippen LogP contribution in [0.3, 0.4) is 0 Å². The van der Waals surface area contributed by atoms with Gasteiger partial charge in [0.05, 0.1) is 5.69 Å². The second-order valence-corrected chi connectivity index (χ2v) is 14.1. The number of anilines is 1. The standard InChI is InChI=1S/C35H33N7O5S3/c1-2-18-46-40-26(29-39-34(36)50-41-29)30(43)38-27-31(44)42-20-35(22-49-32(27)42,21-48-19-16-25-15-9-10-17-37-25)33(45)47-28(23-11-5-3-6-12-23)24-13-7-4-8-14-24/h2-17,19,27-28,32H,1,18,20-22H2,(H,38,43)(H2,36,39,41)/t27?,32-,35?/m1/s1. The van der Waals surface area contributed by atoms with Gasteiger partial charge in [-0.15, -0.1) is 23.5 Å². The number of pyridine rings is 1. The molecule has 2 aromatic heterocycles. The Kier molecular flexibility index (Phi) is 11.3. The predicted octanol–water partition coefficient (Wildman–Crippen LogP) is 4.55. The maximum Gasteiger partial charge on any atom is 0.316 e. The average molecular weight is 728 g/mol. The van der Waals surface area contributed by atoms with Gasteiger partial charge in [0.25, 0.3) is 5.91 Å². The van der Waals surface area contributed by atoms with Gasteiger partial charge in [0.2, 0.25) is 17.4 Å². The zero-order valence-corrected chi connectivity index (χ0v) is 29.1. The first-order valence-corrected chi connectivity index (χ1v) is 18.4. The maximum atomic E-state index is 14.4. The van der Waals surface area contributed by atoms with Crippen molar-refractivity contribution in [1.29, 1.82) is 0 Å². The van der Waals surface area contributed by atoms with E-state index in [4.69, 9.17) is 15.3 Å². The van der Waals surface area contributed by atoms with Crippen LogP contribution >= 0.6 is 35.1 Å². The molecule has 2 aliphatic rings. The number of rotatable bonds is 14. The van der Waals surface area contributed by atoms with Gasteiger partial charge in [0.1, 0.15) is 23.4 Å². The topological polar surface area (TPSA) is 162 Å². The van der Waals surface area contributed by atoms with Crippen LogP contribution in [0.15, 0.2) is 108 Å². The zero-order valence-electron chi connectivity index (χ0n) is 26.7. The fraction of sp³-hybridized carbons (Fsp3) is 0.229. The number of hydrogen-bond donors (Lipinski definition) is 2. The number of carbonyl (C=O) groups is 3. The molecule has 2 amide bonds. The Morgan fingerprint density at radius 2 is 1.84 bits per heavy atom. The van der Waals surface area contributed by atoms with E-state index in [1.807, 2.05) is 90.3 Å². The number of benzene rings is 2. The van der Waals surface area contributed by atoms with Gasteiger partial charge in [-0.05, 0) is 34.7 Å². The van der Waals surface area contributed by atoms with E-state index < -0.39 is 34.8 Å².